The van der Waals surface area contributed by atoms with E-state index in [4.69, 9.17) is 0 Å². The fourth-order valence-corrected chi connectivity index (χ4v) is 2.47. The summed E-state index contributed by atoms with van der Waals surface area (Å²) >= 11 is 0. The highest BCUT2D eigenvalue weighted by atomic mass is 15.3. The van der Waals surface area contributed by atoms with Gasteiger partial charge in [0.2, 0.25) is 0 Å². The minimum absolute atomic E-state index is 0.827. The van der Waals surface area contributed by atoms with Crippen LogP contribution in [0.2, 0.25) is 0 Å². The average Bonchev–Trinajstić information content (AvgIpc) is 2.31. The molecule has 0 radical (unpaired) electrons. The Morgan fingerprint density at radius 3 is 1.80 bits per heavy atom. The molecule has 2 nitrogen and oxygen atoms in total. The van der Waals surface area contributed by atoms with Gasteiger partial charge in [-0.05, 0) is 18.8 Å². The molecule has 0 spiro atoms. The van der Waals surface area contributed by atoms with E-state index in [0.29, 0.717) is 0 Å². The fraction of sp³-hybridized carbons (Fsp3) is 0.923. The average molecular weight is 210 g/mol. The van der Waals surface area contributed by atoms with Crippen LogP contribution in [0.4, 0.5) is 0 Å². The molecule has 0 aromatic heterocycles. The zero-order valence-electron chi connectivity index (χ0n) is 10.0. The van der Waals surface area contributed by atoms with Crippen molar-refractivity contribution in [2.45, 2.75) is 64.2 Å². The Labute approximate surface area is 94.5 Å². The van der Waals surface area contributed by atoms with Gasteiger partial charge in [-0.25, -0.2) is 0 Å². The molecule has 0 atom stereocenters. The largest absolute Gasteiger partial charge is 0.310 e. The normalized spacial score (nSPS) is 21.6. The second-order valence-electron chi connectivity index (χ2n) is 4.79. The third kappa shape index (κ3) is 6.53. The van der Waals surface area contributed by atoms with E-state index in [1.165, 1.54) is 64.2 Å². The molecule has 0 unspecified atom stereocenters. The number of hydrazone groups is 1. The summed E-state index contributed by atoms with van der Waals surface area (Å²) in [7, 11) is 0. The minimum Gasteiger partial charge on any atom is -0.310 e. The summed E-state index contributed by atoms with van der Waals surface area (Å²) < 4.78 is 0. The zero-order valence-corrected chi connectivity index (χ0v) is 10.0. The van der Waals surface area contributed by atoms with Crippen molar-refractivity contribution in [2.24, 2.45) is 11.0 Å². The van der Waals surface area contributed by atoms with Crippen LogP contribution in [0, 0.1) is 5.92 Å². The van der Waals surface area contributed by atoms with E-state index in [1.54, 1.807) is 0 Å². The van der Waals surface area contributed by atoms with Gasteiger partial charge in [0.1, 0.15) is 0 Å². The van der Waals surface area contributed by atoms with Gasteiger partial charge < -0.3 is 5.43 Å². The fourth-order valence-electron chi connectivity index (χ4n) is 2.47. The molecule has 1 aliphatic carbocycles. The Morgan fingerprint density at radius 1 is 0.867 bits per heavy atom. The lowest BCUT2D eigenvalue weighted by molar-refractivity contribution is 0.394. The highest BCUT2D eigenvalue weighted by Crippen LogP contribution is 2.20. The van der Waals surface area contributed by atoms with Gasteiger partial charge in [-0.3, -0.25) is 0 Å². The van der Waals surface area contributed by atoms with Gasteiger partial charge in [-0.2, -0.15) is 5.10 Å². The predicted molar refractivity (Wildman–Crippen MR) is 67.2 cm³/mol. The molecule has 2 heteroatoms. The molecule has 1 aliphatic rings. The Balaban J connectivity index is 2.22. The highest BCUT2D eigenvalue weighted by Gasteiger charge is 2.08. The predicted octanol–water partition coefficient (Wildman–Crippen LogP) is 3.72. The van der Waals surface area contributed by atoms with Crippen molar-refractivity contribution >= 4 is 6.72 Å². The zero-order chi connectivity index (χ0) is 10.8. The number of nitrogens with one attached hydrogen (secondary N) is 1. The molecule has 1 saturated carbocycles. The molecule has 0 saturated heterocycles. The van der Waals surface area contributed by atoms with E-state index in [0.717, 1.165) is 12.5 Å². The molecule has 0 bridgehead atoms. The highest BCUT2D eigenvalue weighted by molar-refractivity contribution is 5.22. The topological polar surface area (TPSA) is 24.4 Å². The molecule has 0 heterocycles. The first kappa shape index (κ1) is 12.5. The maximum Gasteiger partial charge on any atom is 0.0357 e. The molecule has 0 aromatic rings. The molecule has 15 heavy (non-hydrogen) atoms. The molecule has 1 N–H and O–H groups in total. The van der Waals surface area contributed by atoms with Crippen molar-refractivity contribution in [1.29, 1.82) is 0 Å². The van der Waals surface area contributed by atoms with Crippen molar-refractivity contribution in [1.82, 2.24) is 5.43 Å². The Hall–Kier alpha value is -0.530. The summed E-state index contributed by atoms with van der Waals surface area (Å²) in [6, 6.07) is 0. The smallest absolute Gasteiger partial charge is 0.0357 e. The summed E-state index contributed by atoms with van der Waals surface area (Å²) in [6.45, 7) is 4.51. The van der Waals surface area contributed by atoms with Crippen molar-refractivity contribution in [3.05, 3.63) is 0 Å². The first-order chi connectivity index (χ1) is 7.43. The van der Waals surface area contributed by atoms with Crippen LogP contribution in [0.15, 0.2) is 5.10 Å². The SMILES string of the molecule is C=NNCC1CCCCCCCCCC1. The lowest BCUT2D eigenvalue weighted by Crippen LogP contribution is -2.18. The van der Waals surface area contributed by atoms with E-state index in [9.17, 15) is 0 Å². The lowest BCUT2D eigenvalue weighted by atomic mass is 9.95. The van der Waals surface area contributed by atoms with E-state index in [-0.39, 0.29) is 0 Å². The third-order valence-corrected chi connectivity index (χ3v) is 3.47. The van der Waals surface area contributed by atoms with Crippen molar-refractivity contribution in [3.63, 3.8) is 0 Å². The van der Waals surface area contributed by atoms with E-state index < -0.39 is 0 Å². The number of hydrogen-bond acceptors (Lipinski definition) is 2. The van der Waals surface area contributed by atoms with Crippen LogP contribution in [0.3, 0.4) is 0 Å². The minimum atomic E-state index is 0.827. The van der Waals surface area contributed by atoms with Crippen molar-refractivity contribution in [3.8, 4) is 0 Å². The van der Waals surface area contributed by atoms with Gasteiger partial charge in [0.05, 0.1) is 0 Å². The Bertz CT molecular complexity index is 145. The van der Waals surface area contributed by atoms with Gasteiger partial charge in [0.25, 0.3) is 0 Å². The van der Waals surface area contributed by atoms with Crippen LogP contribution >= 0.6 is 0 Å². The summed E-state index contributed by atoms with van der Waals surface area (Å²) in [5.41, 5.74) is 3.03. The van der Waals surface area contributed by atoms with Crippen LogP contribution in [0.5, 0.6) is 0 Å². The molecule has 1 rings (SSSR count). The standard InChI is InChI=1S/C13H26N2/c1-14-15-12-13-10-8-6-4-2-3-5-7-9-11-13/h13,15H,1-12H2. The second kappa shape index (κ2) is 8.75. The summed E-state index contributed by atoms with van der Waals surface area (Å²) in [5.74, 6) is 0.827. The summed E-state index contributed by atoms with van der Waals surface area (Å²) in [5, 5.41) is 3.74. The number of hydrogen-bond donors (Lipinski definition) is 1. The molecule has 0 aromatic carbocycles. The van der Waals surface area contributed by atoms with E-state index in [2.05, 4.69) is 17.2 Å². The van der Waals surface area contributed by atoms with Gasteiger partial charge in [0.15, 0.2) is 0 Å². The second-order valence-corrected chi connectivity index (χ2v) is 4.79. The van der Waals surface area contributed by atoms with E-state index >= 15 is 0 Å². The van der Waals surface area contributed by atoms with Crippen LogP contribution in [-0.4, -0.2) is 13.3 Å². The maximum atomic E-state index is 3.74. The van der Waals surface area contributed by atoms with Crippen LogP contribution in [0.25, 0.3) is 0 Å². The summed E-state index contributed by atoms with van der Waals surface area (Å²) in [4.78, 5) is 0. The third-order valence-electron chi connectivity index (χ3n) is 3.47. The van der Waals surface area contributed by atoms with Gasteiger partial charge in [0, 0.05) is 13.3 Å². The van der Waals surface area contributed by atoms with Gasteiger partial charge >= 0.3 is 0 Å². The summed E-state index contributed by atoms with van der Waals surface area (Å²) in [6.07, 6.45) is 14.2. The lowest BCUT2D eigenvalue weighted by Gasteiger charge is -2.15. The Kier molecular flexibility index (Phi) is 7.32. The molecular weight excluding hydrogens is 184 g/mol. The first-order valence-corrected chi connectivity index (χ1v) is 6.62. The number of nitrogens with zero attached hydrogens (tertiary/aromatic N) is 1. The monoisotopic (exact) mass is 210 g/mol. The van der Waals surface area contributed by atoms with Crippen molar-refractivity contribution in [2.75, 3.05) is 6.54 Å². The molecular formula is C13H26N2. The first-order valence-electron chi connectivity index (χ1n) is 6.62. The van der Waals surface area contributed by atoms with Crippen LogP contribution < -0.4 is 5.43 Å². The molecule has 0 aliphatic heterocycles. The van der Waals surface area contributed by atoms with E-state index in [1.807, 2.05) is 0 Å². The van der Waals surface area contributed by atoms with Crippen LogP contribution in [-0.2, 0) is 0 Å². The van der Waals surface area contributed by atoms with Crippen LogP contribution in [0.1, 0.15) is 64.2 Å². The molecule has 0 amide bonds. The number of rotatable bonds is 3. The van der Waals surface area contributed by atoms with Gasteiger partial charge in [-0.1, -0.05) is 51.4 Å². The van der Waals surface area contributed by atoms with Crippen molar-refractivity contribution < 1.29 is 0 Å². The molecule has 88 valence electrons. The van der Waals surface area contributed by atoms with Gasteiger partial charge in [-0.15, -0.1) is 0 Å². The quantitative estimate of drug-likeness (QED) is 0.557. The molecule has 1 fully saturated rings. The maximum absolute atomic E-state index is 3.74. The Morgan fingerprint density at radius 2 is 1.33 bits per heavy atom.